The van der Waals surface area contributed by atoms with Crippen LogP contribution in [0.2, 0.25) is 0 Å². The highest BCUT2D eigenvalue weighted by atomic mass is 19.4. The molecule has 3 rings (SSSR count). The summed E-state index contributed by atoms with van der Waals surface area (Å²) in [6.07, 6.45) is -3.05. The lowest BCUT2D eigenvalue weighted by Crippen LogP contribution is -2.26. The quantitative estimate of drug-likeness (QED) is 0.556. The minimum Gasteiger partial charge on any atom is -0.469 e. The fraction of sp³-hybridized carbons (Fsp3) is 0.333. The lowest BCUT2D eigenvalue weighted by molar-refractivity contribution is -0.274. The zero-order chi connectivity index (χ0) is 23.5. The van der Waals surface area contributed by atoms with Crippen LogP contribution < -0.4 is 10.1 Å². The molecular formula is C21H21F3N4O4. The Morgan fingerprint density at radius 2 is 1.97 bits per heavy atom. The van der Waals surface area contributed by atoms with Gasteiger partial charge in [0.15, 0.2) is 5.65 Å². The average Bonchev–Trinajstić information content (AvgIpc) is 3.13. The Hall–Kier alpha value is -3.63. The topological polar surface area (TPSA) is 94.8 Å². The predicted molar refractivity (Wildman–Crippen MR) is 107 cm³/mol. The van der Waals surface area contributed by atoms with E-state index in [9.17, 15) is 22.8 Å². The molecule has 0 saturated carbocycles. The average molecular weight is 450 g/mol. The van der Waals surface area contributed by atoms with Crippen molar-refractivity contribution in [1.82, 2.24) is 19.9 Å². The molecule has 0 spiro atoms. The summed E-state index contributed by atoms with van der Waals surface area (Å²) >= 11 is 0. The second-order valence-corrected chi connectivity index (χ2v) is 7.01. The summed E-state index contributed by atoms with van der Waals surface area (Å²) in [5.41, 5.74) is 3.26. The third-order valence-electron chi connectivity index (χ3n) is 4.81. The Bertz CT molecular complexity index is 1160. The van der Waals surface area contributed by atoms with E-state index in [-0.39, 0.29) is 24.3 Å². The van der Waals surface area contributed by atoms with Crippen LogP contribution in [0.1, 0.15) is 39.3 Å². The molecule has 0 aliphatic carbocycles. The molecule has 0 saturated heterocycles. The first-order valence-corrected chi connectivity index (χ1v) is 9.62. The van der Waals surface area contributed by atoms with E-state index in [0.717, 1.165) is 5.56 Å². The smallest absolute Gasteiger partial charge is 0.469 e. The van der Waals surface area contributed by atoms with Crippen molar-refractivity contribution in [3.8, 4) is 5.75 Å². The number of amides is 1. The van der Waals surface area contributed by atoms with Gasteiger partial charge in [-0.2, -0.15) is 5.10 Å². The Morgan fingerprint density at radius 3 is 2.66 bits per heavy atom. The van der Waals surface area contributed by atoms with Crippen molar-refractivity contribution in [3.05, 3.63) is 58.5 Å². The van der Waals surface area contributed by atoms with Crippen LogP contribution >= 0.6 is 0 Å². The largest absolute Gasteiger partial charge is 0.573 e. The molecule has 2 aromatic heterocycles. The molecule has 0 atom stereocenters. The van der Waals surface area contributed by atoms with Crippen LogP contribution in [0.15, 0.2) is 30.5 Å². The fourth-order valence-corrected chi connectivity index (χ4v) is 3.26. The van der Waals surface area contributed by atoms with Gasteiger partial charge < -0.3 is 14.8 Å². The van der Waals surface area contributed by atoms with Crippen LogP contribution in [-0.4, -0.2) is 46.5 Å². The van der Waals surface area contributed by atoms with Crippen molar-refractivity contribution in [1.29, 1.82) is 0 Å². The van der Waals surface area contributed by atoms with Gasteiger partial charge in [-0.1, -0.05) is 12.1 Å². The van der Waals surface area contributed by atoms with E-state index in [0.29, 0.717) is 29.0 Å². The summed E-state index contributed by atoms with van der Waals surface area (Å²) in [5, 5.41) is 6.86. The number of ether oxygens (including phenoxy) is 2. The normalized spacial score (nSPS) is 11.4. The predicted octanol–water partition coefficient (Wildman–Crippen LogP) is 3.13. The van der Waals surface area contributed by atoms with Gasteiger partial charge in [-0.15, -0.1) is 13.2 Å². The second kappa shape index (κ2) is 9.25. The van der Waals surface area contributed by atoms with Gasteiger partial charge in [-0.3, -0.25) is 9.59 Å². The summed E-state index contributed by atoms with van der Waals surface area (Å²) < 4.78 is 47.5. The first kappa shape index (κ1) is 23.0. The van der Waals surface area contributed by atoms with Crippen molar-refractivity contribution in [2.75, 3.05) is 13.7 Å². The van der Waals surface area contributed by atoms with Gasteiger partial charge >= 0.3 is 12.3 Å². The molecule has 170 valence electrons. The Labute approximate surface area is 181 Å². The Balaban J connectivity index is 1.84. The van der Waals surface area contributed by atoms with Gasteiger partial charge in [0.2, 0.25) is 0 Å². The summed E-state index contributed by atoms with van der Waals surface area (Å²) in [4.78, 5) is 28.2. The Morgan fingerprint density at radius 1 is 1.22 bits per heavy atom. The van der Waals surface area contributed by atoms with Gasteiger partial charge in [0.05, 0.1) is 19.7 Å². The van der Waals surface area contributed by atoms with Crippen molar-refractivity contribution < 1.29 is 32.2 Å². The number of hydrogen-bond acceptors (Lipinski definition) is 6. The number of hydrogen-bond donors (Lipinski definition) is 1. The first-order valence-electron chi connectivity index (χ1n) is 9.62. The zero-order valence-corrected chi connectivity index (χ0v) is 17.6. The van der Waals surface area contributed by atoms with Crippen molar-refractivity contribution in [2.45, 2.75) is 33.1 Å². The lowest BCUT2D eigenvalue weighted by atomic mass is 10.0. The van der Waals surface area contributed by atoms with Gasteiger partial charge in [0.1, 0.15) is 11.3 Å². The van der Waals surface area contributed by atoms with E-state index in [2.05, 4.69) is 24.9 Å². The maximum Gasteiger partial charge on any atom is 0.573 e. The molecule has 1 amide bonds. The molecular weight excluding hydrogens is 429 g/mol. The summed E-state index contributed by atoms with van der Waals surface area (Å²) in [7, 11) is 1.27. The second-order valence-electron chi connectivity index (χ2n) is 7.01. The van der Waals surface area contributed by atoms with Gasteiger partial charge in [0.25, 0.3) is 5.91 Å². The molecule has 3 aromatic rings. The van der Waals surface area contributed by atoms with E-state index in [1.165, 1.54) is 36.0 Å². The number of alkyl halides is 3. The van der Waals surface area contributed by atoms with Gasteiger partial charge in [-0.05, 0) is 37.1 Å². The molecule has 0 aliphatic heterocycles. The molecule has 8 nitrogen and oxygen atoms in total. The zero-order valence-electron chi connectivity index (χ0n) is 17.6. The number of esters is 1. The number of nitrogens with one attached hydrogen (secondary N) is 1. The number of nitrogens with zero attached hydrogens (tertiary/aromatic N) is 3. The molecule has 1 N–H and O–H groups in total. The number of benzene rings is 1. The van der Waals surface area contributed by atoms with Crippen LogP contribution in [0.5, 0.6) is 5.75 Å². The molecule has 0 bridgehead atoms. The highest BCUT2D eigenvalue weighted by molar-refractivity contribution is 5.99. The summed E-state index contributed by atoms with van der Waals surface area (Å²) in [6.45, 7) is 3.65. The molecule has 1 aromatic carbocycles. The number of aromatic nitrogens is 3. The number of rotatable bonds is 7. The highest BCUT2D eigenvalue weighted by Crippen LogP contribution is 2.26. The molecule has 0 radical (unpaired) electrons. The van der Waals surface area contributed by atoms with E-state index in [1.54, 1.807) is 19.9 Å². The number of methoxy groups -OCH3 is 1. The molecule has 32 heavy (non-hydrogen) atoms. The number of fused-ring (bicyclic) bond motifs is 1. The van der Waals surface area contributed by atoms with Crippen molar-refractivity contribution in [2.24, 2.45) is 0 Å². The Kier molecular flexibility index (Phi) is 6.66. The van der Waals surface area contributed by atoms with E-state index in [1.807, 2.05) is 0 Å². The van der Waals surface area contributed by atoms with Crippen molar-refractivity contribution >= 4 is 17.5 Å². The molecule has 0 fully saturated rings. The molecule has 2 heterocycles. The molecule has 0 unspecified atom stereocenters. The maximum absolute atomic E-state index is 12.5. The number of carbonyl (C=O) groups excluding carboxylic acids is 2. The van der Waals surface area contributed by atoms with Crippen LogP contribution in [0.3, 0.4) is 0 Å². The maximum atomic E-state index is 12.5. The number of carbonyl (C=O) groups is 2. The third-order valence-corrected chi connectivity index (χ3v) is 4.81. The minimum absolute atomic E-state index is 0.0359. The number of aryl methyl sites for hydroxylation is 2. The van der Waals surface area contributed by atoms with Crippen LogP contribution in [0.4, 0.5) is 13.2 Å². The third kappa shape index (κ3) is 5.34. The SMILES string of the molecule is COC(=O)CCNC(=O)c1cnn2c(C)c(Cc3cccc(OC(F)(F)F)c3)c(C)nc12. The first-order chi connectivity index (χ1) is 15.1. The van der Waals surface area contributed by atoms with Crippen LogP contribution in [0, 0.1) is 13.8 Å². The van der Waals surface area contributed by atoms with E-state index in [4.69, 9.17) is 0 Å². The standard InChI is InChI=1S/C21H21F3N4O4/c1-12-16(10-14-5-4-6-15(9-14)32-21(22,23)24)13(2)28-19(27-12)17(11-26-28)20(30)25-8-7-18(29)31-3/h4-6,9,11H,7-8,10H2,1-3H3,(H,25,30). The monoisotopic (exact) mass is 450 g/mol. The number of halogens is 3. The van der Waals surface area contributed by atoms with Gasteiger partial charge in [-0.25, -0.2) is 9.50 Å². The van der Waals surface area contributed by atoms with Gasteiger partial charge in [0, 0.05) is 24.4 Å². The summed E-state index contributed by atoms with van der Waals surface area (Å²) in [5.74, 6) is -1.17. The van der Waals surface area contributed by atoms with Crippen LogP contribution in [-0.2, 0) is 16.0 Å². The van der Waals surface area contributed by atoms with E-state index >= 15 is 0 Å². The van der Waals surface area contributed by atoms with Crippen molar-refractivity contribution in [3.63, 3.8) is 0 Å². The molecule has 11 heteroatoms. The highest BCUT2D eigenvalue weighted by Gasteiger charge is 2.31. The van der Waals surface area contributed by atoms with E-state index < -0.39 is 18.2 Å². The minimum atomic E-state index is -4.77. The van der Waals surface area contributed by atoms with Crippen LogP contribution in [0.25, 0.3) is 5.65 Å². The fourth-order valence-electron chi connectivity index (χ4n) is 3.26. The molecule has 0 aliphatic rings. The lowest BCUT2D eigenvalue weighted by Gasteiger charge is -2.13. The summed E-state index contributed by atoms with van der Waals surface area (Å²) in [6, 6.07) is 5.73.